The molecule has 0 N–H and O–H groups in total. The normalized spacial score (nSPS) is 12.6. The molecule has 0 radical (unpaired) electrons. The molecule has 0 saturated carbocycles. The largest absolute Gasteiger partial charge is 0.464 e. The first-order valence-electron chi connectivity index (χ1n) is 5.46. The van der Waals surface area contributed by atoms with Crippen molar-refractivity contribution in [2.75, 3.05) is 6.61 Å². The molecule has 1 aromatic rings. The Morgan fingerprint density at radius 2 is 2.12 bits per heavy atom. The Kier molecular flexibility index (Phi) is 5.26. The summed E-state index contributed by atoms with van der Waals surface area (Å²) < 4.78 is 4.85. The maximum Gasteiger partial charge on any atom is 0.330 e. The number of aliphatic imine (C=N–C) groups is 1. The van der Waals surface area contributed by atoms with E-state index in [1.807, 2.05) is 30.3 Å². The van der Waals surface area contributed by atoms with E-state index in [1.165, 1.54) is 5.56 Å². The molecule has 0 amide bonds. The first-order valence-corrected chi connectivity index (χ1v) is 5.46. The van der Waals surface area contributed by atoms with Gasteiger partial charge in [0.15, 0.2) is 0 Å². The van der Waals surface area contributed by atoms with E-state index in [2.05, 4.69) is 4.99 Å². The summed E-state index contributed by atoms with van der Waals surface area (Å²) >= 11 is 0. The van der Waals surface area contributed by atoms with Gasteiger partial charge in [-0.3, -0.25) is 4.99 Å². The zero-order chi connectivity index (χ0) is 11.8. The average molecular weight is 219 g/mol. The van der Waals surface area contributed by atoms with Crippen molar-refractivity contribution in [1.29, 1.82) is 0 Å². The van der Waals surface area contributed by atoms with Crippen LogP contribution >= 0.6 is 0 Å². The topological polar surface area (TPSA) is 38.7 Å². The maximum absolute atomic E-state index is 11.2. The molecule has 3 nitrogen and oxygen atoms in total. The van der Waals surface area contributed by atoms with E-state index in [4.69, 9.17) is 4.74 Å². The smallest absolute Gasteiger partial charge is 0.330 e. The van der Waals surface area contributed by atoms with Gasteiger partial charge in [0.05, 0.1) is 6.61 Å². The minimum atomic E-state index is -0.413. The average Bonchev–Trinajstić information content (AvgIpc) is 2.30. The van der Waals surface area contributed by atoms with Gasteiger partial charge in [-0.1, -0.05) is 30.3 Å². The molecule has 16 heavy (non-hydrogen) atoms. The second-order valence-corrected chi connectivity index (χ2v) is 3.45. The fraction of sp³-hybridized carbons (Fsp3) is 0.385. The lowest BCUT2D eigenvalue weighted by molar-refractivity contribution is -0.144. The van der Waals surface area contributed by atoms with E-state index in [9.17, 15) is 4.79 Å². The first kappa shape index (κ1) is 12.4. The molecule has 0 aliphatic carbocycles. The van der Waals surface area contributed by atoms with Crippen LogP contribution in [-0.4, -0.2) is 24.8 Å². The maximum atomic E-state index is 11.2. The molecule has 1 atom stereocenters. The van der Waals surface area contributed by atoms with Crippen molar-refractivity contribution >= 4 is 12.2 Å². The molecular weight excluding hydrogens is 202 g/mol. The summed E-state index contributed by atoms with van der Waals surface area (Å²) in [4.78, 5) is 15.4. The highest BCUT2D eigenvalue weighted by atomic mass is 16.5. The number of hydrogen-bond acceptors (Lipinski definition) is 3. The number of ether oxygens (including phenoxy) is 1. The summed E-state index contributed by atoms with van der Waals surface area (Å²) in [6, 6.07) is 9.59. The van der Waals surface area contributed by atoms with Crippen LogP contribution in [-0.2, 0) is 16.0 Å². The Hall–Kier alpha value is -1.64. The van der Waals surface area contributed by atoms with E-state index in [-0.39, 0.29) is 5.97 Å². The summed E-state index contributed by atoms with van der Waals surface area (Å²) in [6.07, 6.45) is 2.50. The lowest BCUT2D eigenvalue weighted by Gasteiger charge is -2.04. The van der Waals surface area contributed by atoms with Crippen LogP contribution in [0.5, 0.6) is 0 Å². The molecule has 0 saturated heterocycles. The molecule has 0 heterocycles. The number of nitrogens with zero attached hydrogens (tertiary/aromatic N) is 1. The van der Waals surface area contributed by atoms with Crippen LogP contribution < -0.4 is 0 Å². The lowest BCUT2D eigenvalue weighted by Crippen LogP contribution is -2.18. The molecule has 0 aliphatic rings. The van der Waals surface area contributed by atoms with Gasteiger partial charge in [-0.15, -0.1) is 0 Å². The SMILES string of the molecule is CCOC(=O)[C@H](C)N=CCc1ccccc1. The standard InChI is InChI=1S/C13H17NO2/c1-3-16-13(15)11(2)14-10-9-12-7-5-4-6-8-12/h4-8,10-11H,3,9H2,1-2H3/t11-/m0/s1. The van der Waals surface area contributed by atoms with Gasteiger partial charge in [0.2, 0.25) is 0 Å². The molecule has 0 bridgehead atoms. The van der Waals surface area contributed by atoms with E-state index in [0.29, 0.717) is 6.61 Å². The number of carbonyl (C=O) groups is 1. The van der Waals surface area contributed by atoms with Crippen LogP contribution in [0, 0.1) is 0 Å². The molecule has 0 spiro atoms. The Balaban J connectivity index is 2.40. The van der Waals surface area contributed by atoms with Crippen molar-refractivity contribution in [3.05, 3.63) is 35.9 Å². The highest BCUT2D eigenvalue weighted by molar-refractivity contribution is 5.77. The van der Waals surface area contributed by atoms with Gasteiger partial charge in [-0.25, -0.2) is 4.79 Å². The molecule has 0 aliphatic heterocycles. The zero-order valence-corrected chi connectivity index (χ0v) is 9.72. The highest BCUT2D eigenvalue weighted by Gasteiger charge is 2.10. The molecule has 86 valence electrons. The second-order valence-electron chi connectivity index (χ2n) is 3.45. The van der Waals surface area contributed by atoms with E-state index in [0.717, 1.165) is 6.42 Å². The minimum Gasteiger partial charge on any atom is -0.464 e. The van der Waals surface area contributed by atoms with Crippen LogP contribution in [0.2, 0.25) is 0 Å². The third-order valence-corrected chi connectivity index (χ3v) is 2.13. The zero-order valence-electron chi connectivity index (χ0n) is 9.72. The Morgan fingerprint density at radius 3 is 2.75 bits per heavy atom. The van der Waals surface area contributed by atoms with Gasteiger partial charge < -0.3 is 4.74 Å². The quantitative estimate of drug-likeness (QED) is 0.562. The molecule has 0 aromatic heterocycles. The van der Waals surface area contributed by atoms with Gasteiger partial charge in [-0.05, 0) is 19.4 Å². The van der Waals surface area contributed by atoms with Crippen LogP contribution in [0.15, 0.2) is 35.3 Å². The summed E-state index contributed by atoms with van der Waals surface area (Å²) in [6.45, 7) is 3.93. The summed E-state index contributed by atoms with van der Waals surface area (Å²) in [5, 5.41) is 0. The van der Waals surface area contributed by atoms with Crippen LogP contribution in [0.3, 0.4) is 0 Å². The Morgan fingerprint density at radius 1 is 1.44 bits per heavy atom. The number of esters is 1. The third-order valence-electron chi connectivity index (χ3n) is 2.13. The van der Waals surface area contributed by atoms with Crippen molar-refractivity contribution in [3.8, 4) is 0 Å². The third kappa shape index (κ3) is 4.26. The fourth-order valence-electron chi connectivity index (χ4n) is 1.25. The number of hydrogen-bond donors (Lipinski definition) is 0. The predicted molar refractivity (Wildman–Crippen MR) is 64.7 cm³/mol. The minimum absolute atomic E-state index is 0.271. The predicted octanol–water partition coefficient (Wildman–Crippen LogP) is 2.25. The first-order chi connectivity index (χ1) is 7.74. The lowest BCUT2D eigenvalue weighted by atomic mass is 10.2. The summed E-state index contributed by atoms with van der Waals surface area (Å²) in [7, 11) is 0. The van der Waals surface area contributed by atoms with Crippen molar-refractivity contribution in [2.45, 2.75) is 26.3 Å². The van der Waals surface area contributed by atoms with Crippen molar-refractivity contribution in [1.82, 2.24) is 0 Å². The molecule has 1 aromatic carbocycles. The Labute approximate surface area is 96.2 Å². The molecular formula is C13H17NO2. The number of carbonyl (C=O) groups excluding carboxylic acids is 1. The van der Waals surface area contributed by atoms with E-state index < -0.39 is 6.04 Å². The van der Waals surface area contributed by atoms with E-state index >= 15 is 0 Å². The highest BCUT2D eigenvalue weighted by Crippen LogP contribution is 1.99. The molecule has 3 heteroatoms. The van der Waals surface area contributed by atoms with E-state index in [1.54, 1.807) is 20.1 Å². The van der Waals surface area contributed by atoms with Gasteiger partial charge in [0, 0.05) is 12.6 Å². The van der Waals surface area contributed by atoms with Gasteiger partial charge >= 0.3 is 5.97 Å². The molecule has 1 rings (SSSR count). The van der Waals surface area contributed by atoms with Crippen LogP contribution in [0.1, 0.15) is 19.4 Å². The van der Waals surface area contributed by atoms with Crippen molar-refractivity contribution < 1.29 is 9.53 Å². The van der Waals surface area contributed by atoms with Crippen molar-refractivity contribution in [3.63, 3.8) is 0 Å². The summed E-state index contributed by atoms with van der Waals surface area (Å²) in [5.74, 6) is -0.271. The van der Waals surface area contributed by atoms with Gasteiger partial charge in [0.25, 0.3) is 0 Å². The Bertz CT molecular complexity index is 346. The van der Waals surface area contributed by atoms with Gasteiger partial charge in [0.1, 0.15) is 6.04 Å². The number of benzene rings is 1. The number of rotatable bonds is 5. The molecule has 0 unspecified atom stereocenters. The summed E-state index contributed by atoms with van der Waals surface area (Å²) in [5.41, 5.74) is 1.18. The van der Waals surface area contributed by atoms with Crippen molar-refractivity contribution in [2.24, 2.45) is 4.99 Å². The monoisotopic (exact) mass is 219 g/mol. The van der Waals surface area contributed by atoms with Crippen LogP contribution in [0.4, 0.5) is 0 Å². The van der Waals surface area contributed by atoms with Gasteiger partial charge in [-0.2, -0.15) is 0 Å². The fourth-order valence-corrected chi connectivity index (χ4v) is 1.25. The molecule has 0 fully saturated rings. The van der Waals surface area contributed by atoms with Crippen LogP contribution in [0.25, 0.3) is 0 Å². The second kappa shape index (κ2) is 6.77.